The minimum Gasteiger partial charge on any atom is -0.355 e. The van der Waals surface area contributed by atoms with E-state index in [2.05, 4.69) is 31.3 Å². The topological polar surface area (TPSA) is 29.1 Å². The lowest BCUT2D eigenvalue weighted by Gasteiger charge is -2.31. The number of carbonyl (C=O) groups is 1. The van der Waals surface area contributed by atoms with Crippen molar-refractivity contribution in [1.82, 2.24) is 5.32 Å². The smallest absolute Gasteiger partial charge is 0.227 e. The minimum absolute atomic E-state index is 0.109. The molecule has 2 unspecified atom stereocenters. The van der Waals surface area contributed by atoms with Crippen LogP contribution in [0.3, 0.4) is 0 Å². The molecule has 0 radical (unpaired) electrons. The number of hydrogen-bond acceptors (Lipinski definition) is 1. The van der Waals surface area contributed by atoms with Crippen LogP contribution < -0.4 is 5.32 Å². The van der Waals surface area contributed by atoms with E-state index >= 15 is 0 Å². The zero-order valence-electron chi connectivity index (χ0n) is 8.13. The van der Waals surface area contributed by atoms with E-state index in [0.29, 0.717) is 5.92 Å². The van der Waals surface area contributed by atoms with Gasteiger partial charge >= 0.3 is 0 Å². The lowest BCUT2D eigenvalue weighted by Crippen LogP contribution is -2.41. The number of piperidine rings is 1. The molecule has 1 aliphatic carbocycles. The Morgan fingerprint density at radius 3 is 3.08 bits per heavy atom. The third-order valence-corrected chi connectivity index (χ3v) is 2.86. The van der Waals surface area contributed by atoms with Gasteiger partial charge in [-0.1, -0.05) is 30.2 Å². The van der Waals surface area contributed by atoms with E-state index in [0.717, 1.165) is 13.0 Å². The number of carbonyl (C=O) groups excluding carboxylic acids is 1. The van der Waals surface area contributed by atoms with Crippen molar-refractivity contribution in [3.05, 3.63) is 23.3 Å². The second-order valence-corrected chi connectivity index (χ2v) is 4.01. The Hall–Kier alpha value is -1.05. The number of fused-ring (bicyclic) bond motifs is 1. The Labute approximate surface area is 78.7 Å². The highest BCUT2D eigenvalue weighted by atomic mass is 16.1. The van der Waals surface area contributed by atoms with Crippen LogP contribution in [-0.2, 0) is 4.79 Å². The molecule has 2 heteroatoms. The number of nitrogens with one attached hydrogen (secondary N) is 1. The molecule has 1 heterocycles. The maximum atomic E-state index is 11.6. The average Bonchev–Trinajstić information content (AvgIpc) is 2.02. The monoisotopic (exact) mass is 177 g/mol. The normalized spacial score (nSPS) is 32.9. The van der Waals surface area contributed by atoms with Crippen molar-refractivity contribution in [3.63, 3.8) is 0 Å². The summed E-state index contributed by atoms with van der Waals surface area (Å²) >= 11 is 0. The molecule has 2 rings (SSSR count). The fourth-order valence-electron chi connectivity index (χ4n) is 2.35. The van der Waals surface area contributed by atoms with Crippen LogP contribution in [0.5, 0.6) is 0 Å². The Morgan fingerprint density at radius 1 is 1.54 bits per heavy atom. The summed E-state index contributed by atoms with van der Waals surface area (Å²) in [6, 6.07) is 0. The van der Waals surface area contributed by atoms with E-state index in [-0.39, 0.29) is 11.8 Å². The molecule has 2 atom stereocenters. The summed E-state index contributed by atoms with van der Waals surface area (Å²) in [5, 5.41) is 2.92. The van der Waals surface area contributed by atoms with Gasteiger partial charge in [-0.3, -0.25) is 4.79 Å². The molecule has 13 heavy (non-hydrogen) atoms. The number of hydrogen-bond donors (Lipinski definition) is 1. The lowest BCUT2D eigenvalue weighted by atomic mass is 9.77. The third kappa shape index (κ3) is 1.41. The quantitative estimate of drug-likeness (QED) is 0.599. The highest BCUT2D eigenvalue weighted by Crippen LogP contribution is 2.32. The molecule has 0 aromatic carbocycles. The molecule has 1 N–H and O–H groups in total. The van der Waals surface area contributed by atoms with Gasteiger partial charge < -0.3 is 5.32 Å². The molecule has 0 saturated carbocycles. The average molecular weight is 177 g/mol. The molecule has 2 aliphatic rings. The van der Waals surface area contributed by atoms with Gasteiger partial charge in [-0.25, -0.2) is 0 Å². The van der Waals surface area contributed by atoms with Crippen molar-refractivity contribution >= 4 is 5.91 Å². The van der Waals surface area contributed by atoms with Crippen molar-refractivity contribution in [2.45, 2.75) is 20.3 Å². The van der Waals surface area contributed by atoms with Crippen molar-refractivity contribution in [3.8, 4) is 0 Å². The maximum absolute atomic E-state index is 11.6. The predicted molar refractivity (Wildman–Crippen MR) is 52.1 cm³/mol. The van der Waals surface area contributed by atoms with Gasteiger partial charge in [0.2, 0.25) is 5.91 Å². The fraction of sp³-hybridized carbons (Fsp3) is 0.545. The first-order valence-electron chi connectivity index (χ1n) is 4.85. The second-order valence-electron chi connectivity index (χ2n) is 4.01. The SMILES string of the molecule is CC1=CC(C)C2C(=O)NCCC2=C1. The standard InChI is InChI=1S/C11H15NO/c1-7-5-8(2)10-9(6-7)3-4-12-11(10)13/h5-6,8,10H,3-4H2,1-2H3,(H,12,13). The third-order valence-electron chi connectivity index (χ3n) is 2.86. The summed E-state index contributed by atoms with van der Waals surface area (Å²) in [7, 11) is 0. The van der Waals surface area contributed by atoms with Crippen LogP contribution in [0, 0.1) is 11.8 Å². The van der Waals surface area contributed by atoms with Gasteiger partial charge in [0.1, 0.15) is 0 Å². The van der Waals surface area contributed by atoms with Crippen molar-refractivity contribution in [1.29, 1.82) is 0 Å². The van der Waals surface area contributed by atoms with Crippen LogP contribution in [0.15, 0.2) is 23.3 Å². The molecule has 1 aliphatic heterocycles. The Balaban J connectivity index is 2.33. The van der Waals surface area contributed by atoms with Gasteiger partial charge in [-0.15, -0.1) is 0 Å². The molecule has 70 valence electrons. The summed E-state index contributed by atoms with van der Waals surface area (Å²) in [5.74, 6) is 0.673. The fourth-order valence-corrected chi connectivity index (χ4v) is 2.35. The van der Waals surface area contributed by atoms with Crippen molar-refractivity contribution < 1.29 is 4.79 Å². The molecular formula is C11H15NO. The van der Waals surface area contributed by atoms with Crippen molar-refractivity contribution in [2.75, 3.05) is 6.54 Å². The first-order chi connectivity index (χ1) is 6.18. The summed E-state index contributed by atoms with van der Waals surface area (Å²) < 4.78 is 0. The Kier molecular flexibility index (Phi) is 1.98. The number of amides is 1. The summed E-state index contributed by atoms with van der Waals surface area (Å²) in [6.07, 6.45) is 5.37. The molecular weight excluding hydrogens is 162 g/mol. The van der Waals surface area contributed by atoms with E-state index in [9.17, 15) is 4.79 Å². The first-order valence-corrected chi connectivity index (χ1v) is 4.85. The largest absolute Gasteiger partial charge is 0.355 e. The summed E-state index contributed by atoms with van der Waals surface area (Å²) in [5.41, 5.74) is 2.62. The molecule has 1 saturated heterocycles. The predicted octanol–water partition coefficient (Wildman–Crippen LogP) is 1.64. The van der Waals surface area contributed by atoms with Gasteiger partial charge in [-0.2, -0.15) is 0 Å². The summed E-state index contributed by atoms with van der Waals surface area (Å²) in [6.45, 7) is 5.03. The van der Waals surface area contributed by atoms with Gasteiger partial charge in [0, 0.05) is 6.54 Å². The van der Waals surface area contributed by atoms with Gasteiger partial charge in [-0.05, 0) is 19.3 Å². The van der Waals surface area contributed by atoms with Crippen LogP contribution in [0.2, 0.25) is 0 Å². The molecule has 0 aromatic heterocycles. The molecule has 0 bridgehead atoms. The van der Waals surface area contributed by atoms with E-state index in [4.69, 9.17) is 0 Å². The lowest BCUT2D eigenvalue weighted by molar-refractivity contribution is -0.125. The molecule has 0 aromatic rings. The second kappa shape index (κ2) is 3.02. The highest BCUT2D eigenvalue weighted by Gasteiger charge is 2.32. The van der Waals surface area contributed by atoms with Crippen LogP contribution in [0.1, 0.15) is 20.3 Å². The van der Waals surface area contributed by atoms with E-state index in [1.807, 2.05) is 0 Å². The van der Waals surface area contributed by atoms with Crippen LogP contribution >= 0.6 is 0 Å². The van der Waals surface area contributed by atoms with E-state index in [1.165, 1.54) is 11.1 Å². The van der Waals surface area contributed by atoms with E-state index < -0.39 is 0 Å². The van der Waals surface area contributed by atoms with Crippen LogP contribution in [0.25, 0.3) is 0 Å². The molecule has 0 spiro atoms. The van der Waals surface area contributed by atoms with Crippen LogP contribution in [-0.4, -0.2) is 12.5 Å². The summed E-state index contributed by atoms with van der Waals surface area (Å²) in [4.78, 5) is 11.6. The number of rotatable bonds is 0. The van der Waals surface area contributed by atoms with Crippen molar-refractivity contribution in [2.24, 2.45) is 11.8 Å². The molecule has 1 fully saturated rings. The highest BCUT2D eigenvalue weighted by molar-refractivity contribution is 5.83. The number of allylic oxidation sites excluding steroid dienone is 3. The molecule has 2 nitrogen and oxygen atoms in total. The first kappa shape index (κ1) is 8.54. The van der Waals surface area contributed by atoms with E-state index in [1.54, 1.807) is 0 Å². The van der Waals surface area contributed by atoms with Crippen LogP contribution in [0.4, 0.5) is 0 Å². The molecule has 1 amide bonds. The zero-order valence-corrected chi connectivity index (χ0v) is 8.13. The maximum Gasteiger partial charge on any atom is 0.227 e. The Morgan fingerprint density at radius 2 is 2.31 bits per heavy atom. The zero-order chi connectivity index (χ0) is 9.42. The van der Waals surface area contributed by atoms with Gasteiger partial charge in [0.05, 0.1) is 5.92 Å². The van der Waals surface area contributed by atoms with Gasteiger partial charge in [0.15, 0.2) is 0 Å². The van der Waals surface area contributed by atoms with Gasteiger partial charge in [0.25, 0.3) is 0 Å². The minimum atomic E-state index is 0.109. The Bertz CT molecular complexity index is 301.